The molecular formula is C11H15N5. The van der Waals surface area contributed by atoms with Crippen LogP contribution in [0.1, 0.15) is 44.0 Å². The summed E-state index contributed by atoms with van der Waals surface area (Å²) in [5.74, 6) is 1.79. The first-order valence-electron chi connectivity index (χ1n) is 5.60. The van der Waals surface area contributed by atoms with Gasteiger partial charge in [-0.1, -0.05) is 13.8 Å². The van der Waals surface area contributed by atoms with Gasteiger partial charge in [0.05, 0.1) is 0 Å². The molecule has 2 N–H and O–H groups in total. The van der Waals surface area contributed by atoms with Gasteiger partial charge >= 0.3 is 0 Å². The molecule has 16 heavy (non-hydrogen) atoms. The lowest BCUT2D eigenvalue weighted by Crippen LogP contribution is -2.19. The summed E-state index contributed by atoms with van der Waals surface area (Å²) < 4.78 is 1.73. The summed E-state index contributed by atoms with van der Waals surface area (Å²) in [6, 6.07) is 0. The Bertz CT molecular complexity index is 538. The smallest absolute Gasteiger partial charge is 0.252 e. The third-order valence-corrected chi connectivity index (χ3v) is 3.09. The lowest BCUT2D eigenvalue weighted by atomic mass is 10.1. The number of aromatic nitrogens is 4. The molecule has 1 aliphatic rings. The molecule has 1 aliphatic carbocycles. The van der Waals surface area contributed by atoms with Crippen molar-refractivity contribution in [1.29, 1.82) is 0 Å². The fraction of sp³-hybridized carbons (Fsp3) is 0.545. The Morgan fingerprint density at radius 1 is 1.44 bits per heavy atom. The van der Waals surface area contributed by atoms with Crippen LogP contribution in [0.3, 0.4) is 0 Å². The van der Waals surface area contributed by atoms with Crippen molar-refractivity contribution in [3.05, 3.63) is 23.8 Å². The van der Waals surface area contributed by atoms with Gasteiger partial charge in [0.15, 0.2) is 5.82 Å². The van der Waals surface area contributed by atoms with Crippen LogP contribution >= 0.6 is 0 Å². The van der Waals surface area contributed by atoms with E-state index in [-0.39, 0.29) is 5.54 Å². The average Bonchev–Trinajstić information content (AvgIpc) is 2.86. The summed E-state index contributed by atoms with van der Waals surface area (Å²) in [4.78, 5) is 8.66. The SMILES string of the molecule is CC(C)c1nc2ncc(C3(N)CC3)cn2n1. The molecule has 2 aromatic rings. The van der Waals surface area contributed by atoms with E-state index in [9.17, 15) is 0 Å². The van der Waals surface area contributed by atoms with E-state index < -0.39 is 0 Å². The molecule has 84 valence electrons. The fourth-order valence-electron chi connectivity index (χ4n) is 1.72. The molecule has 1 saturated carbocycles. The second-order valence-corrected chi connectivity index (χ2v) is 4.87. The molecule has 1 fully saturated rings. The highest BCUT2D eigenvalue weighted by molar-refractivity contribution is 5.33. The third kappa shape index (κ3) is 1.39. The van der Waals surface area contributed by atoms with Gasteiger partial charge in [-0.05, 0) is 12.8 Å². The Labute approximate surface area is 93.7 Å². The monoisotopic (exact) mass is 217 g/mol. The largest absolute Gasteiger partial charge is 0.321 e. The van der Waals surface area contributed by atoms with E-state index in [1.165, 1.54) is 0 Å². The second-order valence-electron chi connectivity index (χ2n) is 4.87. The van der Waals surface area contributed by atoms with Crippen LogP contribution in [-0.4, -0.2) is 19.6 Å². The van der Waals surface area contributed by atoms with Crippen molar-refractivity contribution in [2.75, 3.05) is 0 Å². The van der Waals surface area contributed by atoms with Crippen LogP contribution in [0.2, 0.25) is 0 Å². The van der Waals surface area contributed by atoms with Crippen molar-refractivity contribution >= 4 is 5.78 Å². The standard InChI is InChI=1S/C11H15N5/c1-7(2)9-14-10-13-5-8(6-16(10)15-9)11(12)3-4-11/h5-7H,3-4,12H2,1-2H3. The van der Waals surface area contributed by atoms with Crippen LogP contribution in [-0.2, 0) is 5.54 Å². The number of fused-ring (bicyclic) bond motifs is 1. The Morgan fingerprint density at radius 3 is 2.81 bits per heavy atom. The van der Waals surface area contributed by atoms with E-state index in [2.05, 4.69) is 28.9 Å². The minimum atomic E-state index is -0.162. The van der Waals surface area contributed by atoms with Gasteiger partial charge in [0.2, 0.25) is 0 Å². The first kappa shape index (κ1) is 9.72. The Balaban J connectivity index is 2.10. The molecule has 0 unspecified atom stereocenters. The fourth-order valence-corrected chi connectivity index (χ4v) is 1.72. The van der Waals surface area contributed by atoms with Crippen LogP contribution < -0.4 is 5.73 Å². The van der Waals surface area contributed by atoms with Gasteiger partial charge in [-0.3, -0.25) is 0 Å². The van der Waals surface area contributed by atoms with Crippen molar-refractivity contribution < 1.29 is 0 Å². The maximum atomic E-state index is 6.12. The zero-order chi connectivity index (χ0) is 11.3. The van der Waals surface area contributed by atoms with Gasteiger partial charge in [-0.2, -0.15) is 4.98 Å². The molecule has 0 aliphatic heterocycles. The van der Waals surface area contributed by atoms with Gasteiger partial charge in [-0.15, -0.1) is 5.10 Å². The molecule has 5 nitrogen and oxygen atoms in total. The minimum Gasteiger partial charge on any atom is -0.321 e. The molecule has 5 heteroatoms. The highest BCUT2D eigenvalue weighted by atomic mass is 15.3. The maximum Gasteiger partial charge on any atom is 0.252 e. The predicted octanol–water partition coefficient (Wildman–Crippen LogP) is 1.20. The summed E-state index contributed by atoms with van der Waals surface area (Å²) in [5.41, 5.74) is 7.02. The lowest BCUT2D eigenvalue weighted by molar-refractivity contribution is 0.713. The van der Waals surface area contributed by atoms with E-state index in [1.54, 1.807) is 4.52 Å². The number of rotatable bonds is 2. The van der Waals surface area contributed by atoms with Gasteiger partial charge in [-0.25, -0.2) is 9.50 Å². The van der Waals surface area contributed by atoms with E-state index in [0.29, 0.717) is 11.7 Å². The van der Waals surface area contributed by atoms with Crippen molar-refractivity contribution in [3.63, 3.8) is 0 Å². The molecule has 0 saturated heterocycles. The topological polar surface area (TPSA) is 69.1 Å². The van der Waals surface area contributed by atoms with Crippen molar-refractivity contribution in [2.45, 2.75) is 38.1 Å². The van der Waals surface area contributed by atoms with Crippen LogP contribution in [0.15, 0.2) is 12.4 Å². The van der Waals surface area contributed by atoms with E-state index in [4.69, 9.17) is 5.73 Å². The molecular weight excluding hydrogens is 202 g/mol. The van der Waals surface area contributed by atoms with E-state index in [0.717, 1.165) is 24.2 Å². The highest BCUT2D eigenvalue weighted by Crippen LogP contribution is 2.42. The van der Waals surface area contributed by atoms with E-state index >= 15 is 0 Å². The van der Waals surface area contributed by atoms with Crippen molar-refractivity contribution in [2.24, 2.45) is 5.73 Å². The van der Waals surface area contributed by atoms with Crippen LogP contribution in [0.25, 0.3) is 5.78 Å². The van der Waals surface area contributed by atoms with Crippen LogP contribution in [0, 0.1) is 0 Å². The summed E-state index contributed by atoms with van der Waals surface area (Å²) >= 11 is 0. The zero-order valence-corrected chi connectivity index (χ0v) is 9.51. The molecule has 2 aromatic heterocycles. The molecule has 3 rings (SSSR count). The van der Waals surface area contributed by atoms with Gasteiger partial charge < -0.3 is 5.73 Å². The third-order valence-electron chi connectivity index (χ3n) is 3.09. The Kier molecular flexibility index (Phi) is 1.83. The predicted molar refractivity (Wildman–Crippen MR) is 60.0 cm³/mol. The second kappa shape index (κ2) is 3.01. The van der Waals surface area contributed by atoms with Crippen molar-refractivity contribution in [3.8, 4) is 0 Å². The zero-order valence-electron chi connectivity index (χ0n) is 9.51. The first-order valence-corrected chi connectivity index (χ1v) is 5.60. The molecule has 2 heterocycles. The Morgan fingerprint density at radius 2 is 2.19 bits per heavy atom. The van der Waals surface area contributed by atoms with Gasteiger partial charge in [0.1, 0.15) is 0 Å². The molecule has 0 bridgehead atoms. The van der Waals surface area contributed by atoms with Gasteiger partial charge in [0.25, 0.3) is 5.78 Å². The number of hydrogen-bond donors (Lipinski definition) is 1. The Hall–Kier alpha value is -1.49. The van der Waals surface area contributed by atoms with Crippen LogP contribution in [0.5, 0.6) is 0 Å². The normalized spacial score (nSPS) is 18.2. The molecule has 0 atom stereocenters. The number of hydrogen-bond acceptors (Lipinski definition) is 4. The van der Waals surface area contributed by atoms with Crippen LogP contribution in [0.4, 0.5) is 0 Å². The number of nitrogens with zero attached hydrogens (tertiary/aromatic N) is 4. The molecule has 0 radical (unpaired) electrons. The van der Waals surface area contributed by atoms with Gasteiger partial charge in [0, 0.05) is 29.4 Å². The van der Waals surface area contributed by atoms with E-state index in [1.807, 2.05) is 12.4 Å². The summed E-state index contributed by atoms with van der Waals surface area (Å²) in [6.07, 6.45) is 5.84. The quantitative estimate of drug-likeness (QED) is 0.820. The summed E-state index contributed by atoms with van der Waals surface area (Å²) in [5, 5.41) is 4.40. The summed E-state index contributed by atoms with van der Waals surface area (Å²) in [6.45, 7) is 4.14. The maximum absolute atomic E-state index is 6.12. The minimum absolute atomic E-state index is 0.162. The molecule has 0 spiro atoms. The number of nitrogens with two attached hydrogens (primary N) is 1. The lowest BCUT2D eigenvalue weighted by Gasteiger charge is -2.07. The molecule has 0 aromatic carbocycles. The van der Waals surface area contributed by atoms with Crippen molar-refractivity contribution in [1.82, 2.24) is 19.6 Å². The average molecular weight is 217 g/mol. The molecule has 0 amide bonds. The highest BCUT2D eigenvalue weighted by Gasteiger charge is 2.40. The first-order chi connectivity index (χ1) is 7.58. The summed E-state index contributed by atoms with van der Waals surface area (Å²) in [7, 11) is 0.